The van der Waals surface area contributed by atoms with Gasteiger partial charge in [0.2, 0.25) is 0 Å². The lowest BCUT2D eigenvalue weighted by Crippen LogP contribution is -2.64. The molecule has 3 heterocycles. The predicted octanol–water partition coefficient (Wildman–Crippen LogP) is 5.07. The Morgan fingerprint density at radius 3 is 2.11 bits per heavy atom. The Morgan fingerprint density at radius 1 is 0.865 bits per heavy atom. The molecule has 0 amide bonds. The summed E-state index contributed by atoms with van der Waals surface area (Å²) in [5.74, 6) is -0.599. The smallest absolute Gasteiger partial charge is 0.180 e. The van der Waals surface area contributed by atoms with Crippen LogP contribution in [0, 0.1) is 5.92 Å². The number of rotatable bonds is 3. The van der Waals surface area contributed by atoms with Gasteiger partial charge in [0.25, 0.3) is 0 Å². The molecule has 1 unspecified atom stereocenters. The fourth-order valence-corrected chi connectivity index (χ4v) is 9.94. The zero-order valence-electron chi connectivity index (χ0n) is 20.4. The second-order valence-corrected chi connectivity index (χ2v) is 13.4. The summed E-state index contributed by atoms with van der Waals surface area (Å²) >= 11 is 0. The molecule has 0 radical (unpaired) electrons. The van der Waals surface area contributed by atoms with Crippen LogP contribution in [0.1, 0.15) is 53.0 Å². The third-order valence-corrected chi connectivity index (χ3v) is 11.5. The van der Waals surface area contributed by atoms with Crippen LogP contribution in [0.2, 0.25) is 0 Å². The Morgan fingerprint density at radius 2 is 1.46 bits per heavy atom. The first-order valence-electron chi connectivity index (χ1n) is 13.0. The molecule has 6 atom stereocenters. The monoisotopic (exact) mass is 515 g/mol. The quantitative estimate of drug-likeness (QED) is 0.471. The Hall–Kier alpha value is -2.80. The molecule has 8 heteroatoms. The molecule has 7 nitrogen and oxygen atoms in total. The molecule has 3 fully saturated rings. The largest absolute Gasteiger partial charge is 0.367 e. The highest BCUT2D eigenvalue weighted by Gasteiger charge is 2.66. The molecule has 2 saturated heterocycles. The number of hydrogen-bond acceptors (Lipinski definition) is 6. The van der Waals surface area contributed by atoms with E-state index in [9.17, 15) is 9.90 Å². The minimum absolute atomic E-state index is 0.0303. The Kier molecular flexibility index (Phi) is 5.43. The standard InChI is InChI=1S/C29H30N3O4P/c33-28-22-14-7-8-16-24(22)31-29(34)23(28)15-9-17-27(29)32(30-31)37(35)18-25(20-10-3-1-4-11-20)36-26(19-37)21-12-5-2-6-13-21/h1-8,10-14,16,23,25-27,30,34H,9,15,17-19H2/t23-,25-,26+,27+,29+,37?/m1/s1. The van der Waals surface area contributed by atoms with Crippen LogP contribution >= 0.6 is 7.29 Å². The number of ketones is 1. The van der Waals surface area contributed by atoms with Crippen LogP contribution in [-0.2, 0) is 9.30 Å². The predicted molar refractivity (Wildman–Crippen MR) is 141 cm³/mol. The summed E-state index contributed by atoms with van der Waals surface area (Å²) in [5, 5.41) is 14.0. The van der Waals surface area contributed by atoms with Crippen molar-refractivity contribution in [3.05, 3.63) is 102 Å². The van der Waals surface area contributed by atoms with E-state index >= 15 is 4.57 Å². The van der Waals surface area contributed by atoms with E-state index in [-0.39, 0.29) is 18.0 Å². The average molecular weight is 516 g/mol. The van der Waals surface area contributed by atoms with Gasteiger partial charge in [-0.2, -0.15) is 10.3 Å². The number of carbonyl (C=O) groups is 1. The number of hydrazine groups is 2. The van der Waals surface area contributed by atoms with Gasteiger partial charge in [-0.1, -0.05) is 79.2 Å². The number of nitrogens with one attached hydrogen (secondary N) is 1. The molecule has 0 spiro atoms. The van der Waals surface area contributed by atoms with Crippen molar-refractivity contribution in [3.63, 3.8) is 0 Å². The number of carbonyl (C=O) groups excluding carboxylic acids is 1. The van der Waals surface area contributed by atoms with E-state index in [1.807, 2.05) is 89.7 Å². The van der Waals surface area contributed by atoms with Gasteiger partial charge >= 0.3 is 0 Å². The van der Waals surface area contributed by atoms with Crippen molar-refractivity contribution in [1.82, 2.24) is 10.3 Å². The summed E-state index contributed by atoms with van der Waals surface area (Å²) in [4.78, 5) is 13.5. The van der Waals surface area contributed by atoms with Gasteiger partial charge in [-0.05, 0) is 36.1 Å². The van der Waals surface area contributed by atoms with Crippen LogP contribution in [0.3, 0.4) is 0 Å². The summed E-state index contributed by atoms with van der Waals surface area (Å²) in [7, 11) is -3.13. The normalized spacial score (nSPS) is 35.2. The van der Waals surface area contributed by atoms with Crippen LogP contribution in [0.4, 0.5) is 5.69 Å². The molecule has 3 aliphatic heterocycles. The number of Topliss-reactive ketones (excluding diaryl/α,β-unsaturated/α-hetero) is 1. The number of anilines is 1. The minimum Gasteiger partial charge on any atom is -0.367 e. The van der Waals surface area contributed by atoms with Gasteiger partial charge in [-0.15, -0.1) is 0 Å². The third kappa shape index (κ3) is 3.49. The number of para-hydroxylation sites is 1. The van der Waals surface area contributed by atoms with E-state index < -0.39 is 25.0 Å². The van der Waals surface area contributed by atoms with Crippen molar-refractivity contribution < 1.29 is 19.2 Å². The number of ether oxygens (including phenoxy) is 1. The molecule has 37 heavy (non-hydrogen) atoms. The van der Waals surface area contributed by atoms with Crippen LogP contribution in [-0.4, -0.2) is 39.8 Å². The number of benzene rings is 3. The first-order valence-corrected chi connectivity index (χ1v) is 15.1. The summed E-state index contributed by atoms with van der Waals surface area (Å²) in [5.41, 5.74) is 5.14. The molecular weight excluding hydrogens is 485 g/mol. The van der Waals surface area contributed by atoms with Crippen molar-refractivity contribution in [2.45, 2.75) is 43.2 Å². The SMILES string of the molecule is O=C1c2ccccc2N2NN(P3(=O)C[C@@H](c4ccccc4)O[C@@H](c4ccccc4)C3)[C@H]3CCC[C@H]1[C@]32O. The molecule has 4 aliphatic rings. The van der Waals surface area contributed by atoms with E-state index in [0.717, 1.165) is 17.5 Å². The Balaban J connectivity index is 1.32. The third-order valence-electron chi connectivity index (χ3n) is 8.52. The maximum atomic E-state index is 15.1. The first kappa shape index (κ1) is 23.3. The van der Waals surface area contributed by atoms with Crippen LogP contribution in [0.15, 0.2) is 84.9 Å². The first-order chi connectivity index (χ1) is 18.0. The molecule has 190 valence electrons. The molecule has 0 aromatic heterocycles. The number of aliphatic hydroxyl groups is 1. The number of fused-ring (bicyclic) bond motifs is 2. The summed E-state index contributed by atoms with van der Waals surface area (Å²) in [6.07, 6.45) is 2.00. The fraction of sp³-hybridized carbons (Fsp3) is 0.345. The van der Waals surface area contributed by atoms with E-state index in [2.05, 4.69) is 5.53 Å². The Labute approximate surface area is 216 Å². The van der Waals surface area contributed by atoms with E-state index in [1.165, 1.54) is 0 Å². The van der Waals surface area contributed by atoms with E-state index in [0.29, 0.717) is 36.4 Å². The van der Waals surface area contributed by atoms with Gasteiger partial charge in [0.05, 0.1) is 29.9 Å². The van der Waals surface area contributed by atoms with Crippen LogP contribution < -0.4 is 10.5 Å². The molecule has 3 aromatic carbocycles. The topological polar surface area (TPSA) is 82.1 Å². The van der Waals surface area contributed by atoms with Gasteiger partial charge in [-0.25, -0.2) is 0 Å². The van der Waals surface area contributed by atoms with Crippen molar-refractivity contribution >= 4 is 18.8 Å². The van der Waals surface area contributed by atoms with Crippen molar-refractivity contribution in [3.8, 4) is 0 Å². The molecule has 0 bridgehead atoms. The minimum atomic E-state index is -3.13. The lowest BCUT2D eigenvalue weighted by molar-refractivity contribution is -0.0525. The van der Waals surface area contributed by atoms with Gasteiger partial charge in [-0.3, -0.25) is 9.80 Å². The second kappa shape index (κ2) is 8.62. The van der Waals surface area contributed by atoms with Crippen LogP contribution in [0.5, 0.6) is 0 Å². The Bertz CT molecular complexity index is 1330. The van der Waals surface area contributed by atoms with Crippen molar-refractivity contribution in [1.29, 1.82) is 0 Å². The van der Waals surface area contributed by atoms with Crippen molar-refractivity contribution in [2.24, 2.45) is 5.92 Å². The van der Waals surface area contributed by atoms with Crippen LogP contribution in [0.25, 0.3) is 0 Å². The summed E-state index contributed by atoms with van der Waals surface area (Å²) in [6.45, 7) is 0. The average Bonchev–Trinajstić information content (AvgIpc) is 3.26. The maximum Gasteiger partial charge on any atom is 0.180 e. The summed E-state index contributed by atoms with van der Waals surface area (Å²) in [6, 6.07) is 26.8. The molecule has 7 rings (SSSR count). The van der Waals surface area contributed by atoms with Crippen molar-refractivity contribution in [2.75, 3.05) is 17.3 Å². The van der Waals surface area contributed by atoms with E-state index in [4.69, 9.17) is 4.74 Å². The highest BCUT2D eigenvalue weighted by atomic mass is 31.2. The molecule has 2 N–H and O–H groups in total. The number of hydrogen-bond donors (Lipinski definition) is 2. The van der Waals surface area contributed by atoms with Gasteiger partial charge < -0.3 is 14.4 Å². The highest BCUT2D eigenvalue weighted by Crippen LogP contribution is 2.64. The maximum absolute atomic E-state index is 15.1. The fourth-order valence-electron chi connectivity index (χ4n) is 6.76. The highest BCUT2D eigenvalue weighted by molar-refractivity contribution is 7.61. The summed E-state index contributed by atoms with van der Waals surface area (Å²) < 4.78 is 23.6. The molecular formula is C29H30N3O4P. The lowest BCUT2D eigenvalue weighted by atomic mass is 9.71. The van der Waals surface area contributed by atoms with E-state index in [1.54, 1.807) is 5.01 Å². The zero-order valence-corrected chi connectivity index (χ0v) is 21.3. The molecule has 3 aromatic rings. The van der Waals surface area contributed by atoms with Gasteiger partial charge in [0, 0.05) is 17.9 Å². The molecule has 1 saturated carbocycles. The number of nitrogens with zero attached hydrogens (tertiary/aromatic N) is 2. The molecule has 1 aliphatic carbocycles. The second-order valence-electron chi connectivity index (χ2n) is 10.6. The lowest BCUT2D eigenvalue weighted by Gasteiger charge is -2.48. The van der Waals surface area contributed by atoms with Gasteiger partial charge in [0.15, 0.2) is 18.8 Å². The zero-order chi connectivity index (χ0) is 25.2. The van der Waals surface area contributed by atoms with Gasteiger partial charge in [0.1, 0.15) is 0 Å².